The van der Waals surface area contributed by atoms with Gasteiger partial charge in [0.05, 0.1) is 23.9 Å². The lowest BCUT2D eigenvalue weighted by molar-refractivity contribution is -0.130. The number of anilines is 1. The molecule has 3 rings (SSSR count). The van der Waals surface area contributed by atoms with E-state index in [1.807, 2.05) is 12.3 Å². The van der Waals surface area contributed by atoms with Crippen molar-refractivity contribution in [2.75, 3.05) is 18.4 Å². The topological polar surface area (TPSA) is 111 Å². The third-order valence-corrected chi connectivity index (χ3v) is 3.95. The summed E-state index contributed by atoms with van der Waals surface area (Å²) >= 11 is 0. The summed E-state index contributed by atoms with van der Waals surface area (Å²) < 4.78 is 16.2. The van der Waals surface area contributed by atoms with Crippen LogP contribution in [0.4, 0.5) is 10.3 Å². The highest BCUT2D eigenvalue weighted by molar-refractivity contribution is 5.96. The molecule has 1 aromatic carbocycles. The number of piperidine rings is 1. The van der Waals surface area contributed by atoms with E-state index in [9.17, 15) is 9.18 Å². The van der Waals surface area contributed by atoms with Crippen molar-refractivity contribution in [3.8, 4) is 17.9 Å². The monoisotopic (exact) mass is 339 g/mol. The van der Waals surface area contributed by atoms with Crippen LogP contribution in [0.1, 0.15) is 18.4 Å². The molecule has 1 atom stereocenters. The molecule has 1 unspecified atom stereocenters. The van der Waals surface area contributed by atoms with Gasteiger partial charge in [-0.15, -0.1) is 5.10 Å². The number of halogens is 1. The highest BCUT2D eigenvalue weighted by Gasteiger charge is 2.43. The Labute approximate surface area is 143 Å². The van der Waals surface area contributed by atoms with Crippen molar-refractivity contribution in [3.05, 3.63) is 36.2 Å². The van der Waals surface area contributed by atoms with E-state index in [0.29, 0.717) is 24.2 Å². The minimum Gasteiger partial charge on any atom is -0.307 e. The number of aromatic nitrogens is 3. The van der Waals surface area contributed by atoms with Crippen molar-refractivity contribution in [1.29, 1.82) is 10.5 Å². The van der Waals surface area contributed by atoms with E-state index in [-0.39, 0.29) is 18.9 Å². The molecule has 25 heavy (non-hydrogen) atoms. The molecule has 9 heteroatoms. The second-order valence-electron chi connectivity index (χ2n) is 5.72. The van der Waals surface area contributed by atoms with Crippen molar-refractivity contribution in [3.63, 3.8) is 0 Å². The number of alkyl halides is 1. The van der Waals surface area contributed by atoms with E-state index in [1.54, 1.807) is 24.3 Å². The van der Waals surface area contributed by atoms with Crippen LogP contribution in [0.3, 0.4) is 0 Å². The Morgan fingerprint density at radius 1 is 1.40 bits per heavy atom. The summed E-state index contributed by atoms with van der Waals surface area (Å²) in [5, 5.41) is 24.3. The lowest BCUT2D eigenvalue weighted by Crippen LogP contribution is -2.51. The van der Waals surface area contributed by atoms with Gasteiger partial charge in [0.25, 0.3) is 5.91 Å². The van der Waals surface area contributed by atoms with Crippen LogP contribution in [-0.4, -0.2) is 44.3 Å². The molecule has 1 aliphatic rings. The van der Waals surface area contributed by atoms with Crippen LogP contribution in [0, 0.1) is 22.8 Å². The average Bonchev–Trinajstić information content (AvgIpc) is 3.10. The van der Waals surface area contributed by atoms with Crippen molar-refractivity contribution >= 4 is 11.9 Å². The van der Waals surface area contributed by atoms with E-state index in [2.05, 4.69) is 15.4 Å². The molecule has 1 fully saturated rings. The molecule has 0 bridgehead atoms. The van der Waals surface area contributed by atoms with Gasteiger partial charge in [0.2, 0.25) is 11.6 Å². The molecule has 1 amide bonds. The van der Waals surface area contributed by atoms with Gasteiger partial charge in [-0.05, 0) is 31.0 Å². The summed E-state index contributed by atoms with van der Waals surface area (Å²) in [6.45, 7) is 0.165. The predicted molar refractivity (Wildman–Crippen MR) is 85.0 cm³/mol. The maximum Gasteiger partial charge on any atom is 0.266 e. The lowest BCUT2D eigenvalue weighted by Gasteiger charge is -2.32. The van der Waals surface area contributed by atoms with E-state index < -0.39 is 11.6 Å². The summed E-state index contributed by atoms with van der Waals surface area (Å²) in [7, 11) is 0. The Morgan fingerprint density at radius 2 is 2.24 bits per heavy atom. The normalized spacial score (nSPS) is 19.7. The van der Waals surface area contributed by atoms with Gasteiger partial charge in [-0.25, -0.2) is 9.07 Å². The fraction of sp³-hybridized carbons (Fsp3) is 0.312. The summed E-state index contributed by atoms with van der Waals surface area (Å²) in [4.78, 5) is 17.4. The van der Waals surface area contributed by atoms with E-state index in [1.165, 1.54) is 15.9 Å². The fourth-order valence-corrected chi connectivity index (χ4v) is 2.66. The third kappa shape index (κ3) is 3.40. The van der Waals surface area contributed by atoms with Crippen LogP contribution in [0.15, 0.2) is 30.6 Å². The van der Waals surface area contributed by atoms with Gasteiger partial charge < -0.3 is 4.90 Å². The summed E-state index contributed by atoms with van der Waals surface area (Å²) in [6.07, 6.45) is 3.69. The maximum absolute atomic E-state index is 14.8. The molecule has 1 aliphatic heterocycles. The first kappa shape index (κ1) is 16.4. The molecule has 1 saturated heterocycles. The molecular weight excluding hydrogens is 325 g/mol. The van der Waals surface area contributed by atoms with E-state index in [0.717, 1.165) is 0 Å². The standard InChI is InChI=1S/C16H14FN7O/c17-16(5-2-6-23(9-16)10-19)14(25)21-15-20-11-24(22-15)13-4-1-3-12(7-13)8-18/h1,3-4,7,11H,2,5-6,9H2,(H,21,22,25). The molecule has 0 radical (unpaired) electrons. The van der Waals surface area contributed by atoms with Gasteiger partial charge in [0.15, 0.2) is 6.19 Å². The summed E-state index contributed by atoms with van der Waals surface area (Å²) in [6, 6.07) is 8.71. The first-order valence-corrected chi connectivity index (χ1v) is 7.61. The molecule has 0 saturated carbocycles. The van der Waals surface area contributed by atoms with Crippen molar-refractivity contribution in [2.45, 2.75) is 18.5 Å². The minimum absolute atomic E-state index is 0.0431. The zero-order valence-corrected chi connectivity index (χ0v) is 13.2. The van der Waals surface area contributed by atoms with Crippen LogP contribution in [-0.2, 0) is 4.79 Å². The Balaban J connectivity index is 1.74. The summed E-state index contributed by atoms with van der Waals surface area (Å²) in [5.74, 6) is -0.908. The molecular formula is C16H14FN7O. The number of carbonyl (C=O) groups is 1. The van der Waals surface area contributed by atoms with E-state index in [4.69, 9.17) is 10.5 Å². The SMILES string of the molecule is N#Cc1cccc(-n2cnc(NC(=O)C3(F)CCCN(C#N)C3)n2)c1. The molecule has 1 N–H and O–H groups in total. The van der Waals surface area contributed by atoms with Crippen LogP contribution in [0.5, 0.6) is 0 Å². The molecule has 2 heterocycles. The Bertz CT molecular complexity index is 881. The fourth-order valence-electron chi connectivity index (χ4n) is 2.66. The second-order valence-corrected chi connectivity index (χ2v) is 5.72. The number of nitrogens with zero attached hydrogens (tertiary/aromatic N) is 6. The molecule has 0 spiro atoms. The van der Waals surface area contributed by atoms with Crippen LogP contribution in [0.25, 0.3) is 5.69 Å². The van der Waals surface area contributed by atoms with Crippen LogP contribution in [0.2, 0.25) is 0 Å². The van der Waals surface area contributed by atoms with Gasteiger partial charge in [0.1, 0.15) is 6.33 Å². The van der Waals surface area contributed by atoms with Gasteiger partial charge in [-0.1, -0.05) is 6.07 Å². The number of benzene rings is 1. The number of amides is 1. The highest BCUT2D eigenvalue weighted by Crippen LogP contribution is 2.26. The number of rotatable bonds is 3. The Morgan fingerprint density at radius 3 is 3.00 bits per heavy atom. The van der Waals surface area contributed by atoms with E-state index >= 15 is 0 Å². The zero-order valence-electron chi connectivity index (χ0n) is 13.2. The molecule has 2 aromatic rings. The number of likely N-dealkylation sites (tertiary alicyclic amines) is 1. The number of nitriles is 2. The number of hydrogen-bond donors (Lipinski definition) is 1. The molecule has 0 aliphatic carbocycles. The zero-order chi connectivity index (χ0) is 17.9. The van der Waals surface area contributed by atoms with Crippen molar-refractivity contribution in [1.82, 2.24) is 19.7 Å². The summed E-state index contributed by atoms with van der Waals surface area (Å²) in [5.41, 5.74) is -1.10. The third-order valence-electron chi connectivity index (χ3n) is 3.95. The van der Waals surface area contributed by atoms with Gasteiger partial charge in [-0.3, -0.25) is 10.1 Å². The van der Waals surface area contributed by atoms with Crippen LogP contribution >= 0.6 is 0 Å². The van der Waals surface area contributed by atoms with Gasteiger partial charge in [0, 0.05) is 6.54 Å². The molecule has 8 nitrogen and oxygen atoms in total. The predicted octanol–water partition coefficient (Wildman–Crippen LogP) is 1.36. The van der Waals surface area contributed by atoms with Gasteiger partial charge in [-0.2, -0.15) is 15.5 Å². The number of nitrogens with one attached hydrogen (secondary N) is 1. The minimum atomic E-state index is -2.15. The van der Waals surface area contributed by atoms with Gasteiger partial charge >= 0.3 is 0 Å². The maximum atomic E-state index is 14.8. The first-order valence-electron chi connectivity index (χ1n) is 7.61. The highest BCUT2D eigenvalue weighted by atomic mass is 19.1. The van der Waals surface area contributed by atoms with Crippen LogP contribution < -0.4 is 5.32 Å². The first-order chi connectivity index (χ1) is 12.0. The lowest BCUT2D eigenvalue weighted by atomic mass is 9.94. The second kappa shape index (κ2) is 6.57. The Kier molecular flexibility index (Phi) is 4.31. The molecule has 1 aromatic heterocycles. The largest absolute Gasteiger partial charge is 0.307 e. The number of carbonyl (C=O) groups excluding carboxylic acids is 1. The number of hydrogen-bond acceptors (Lipinski definition) is 6. The van der Waals surface area contributed by atoms with Crippen molar-refractivity contribution in [2.24, 2.45) is 0 Å². The quantitative estimate of drug-likeness (QED) is 0.845. The van der Waals surface area contributed by atoms with Crippen molar-refractivity contribution < 1.29 is 9.18 Å². The average molecular weight is 339 g/mol. The molecule has 126 valence electrons. The Hall–Kier alpha value is -3.46. The smallest absolute Gasteiger partial charge is 0.266 e.